The Labute approximate surface area is 114 Å². The highest BCUT2D eigenvalue weighted by atomic mass is 19.3. The van der Waals surface area contributed by atoms with Crippen molar-refractivity contribution in [3.63, 3.8) is 0 Å². The van der Waals surface area contributed by atoms with E-state index in [9.17, 15) is 18.9 Å². The zero-order valence-corrected chi connectivity index (χ0v) is 10.4. The molecule has 0 saturated carbocycles. The molecule has 0 bridgehead atoms. The van der Waals surface area contributed by atoms with Crippen molar-refractivity contribution >= 4 is 11.8 Å². The lowest BCUT2D eigenvalue weighted by atomic mass is 10.1. The van der Waals surface area contributed by atoms with Crippen LogP contribution in [0, 0.1) is 10.1 Å². The van der Waals surface area contributed by atoms with Crippen LogP contribution in [0.5, 0.6) is 0 Å². The first-order valence-electron chi connectivity index (χ1n) is 5.87. The smallest absolute Gasteiger partial charge is 0.258 e. The molecule has 0 radical (unpaired) electrons. The molecule has 0 aliphatic rings. The summed E-state index contributed by atoms with van der Waals surface area (Å²) in [6.45, 7) is 0. The molecule has 0 spiro atoms. The lowest BCUT2D eigenvalue weighted by Crippen LogP contribution is -1.97. The van der Waals surface area contributed by atoms with Crippen molar-refractivity contribution in [2.75, 3.05) is 0 Å². The van der Waals surface area contributed by atoms with Gasteiger partial charge < -0.3 is 0 Å². The topological polar surface area (TPSA) is 43.1 Å². The number of rotatable bonds is 4. The van der Waals surface area contributed by atoms with Crippen molar-refractivity contribution in [1.29, 1.82) is 0 Å². The van der Waals surface area contributed by atoms with E-state index in [-0.39, 0.29) is 11.3 Å². The van der Waals surface area contributed by atoms with Crippen molar-refractivity contribution in [2.45, 2.75) is 6.43 Å². The molecular formula is C15H11F2NO2. The van der Waals surface area contributed by atoms with Crippen LogP contribution in [0.2, 0.25) is 0 Å². The SMILES string of the molecule is O=[N+]([O-])/C(=C/c1cccc(C(F)F)c1)c1ccccc1. The molecule has 0 aliphatic heterocycles. The molecule has 3 nitrogen and oxygen atoms in total. The number of alkyl halides is 2. The van der Waals surface area contributed by atoms with Gasteiger partial charge in [0.15, 0.2) is 0 Å². The fourth-order valence-corrected chi connectivity index (χ4v) is 1.79. The number of nitrogens with zero attached hydrogens (tertiary/aromatic N) is 1. The predicted molar refractivity (Wildman–Crippen MR) is 72.7 cm³/mol. The average molecular weight is 275 g/mol. The highest BCUT2D eigenvalue weighted by Crippen LogP contribution is 2.23. The third-order valence-corrected chi connectivity index (χ3v) is 2.73. The van der Waals surface area contributed by atoms with E-state index in [0.29, 0.717) is 11.1 Å². The maximum Gasteiger partial charge on any atom is 0.277 e. The molecule has 0 unspecified atom stereocenters. The summed E-state index contributed by atoms with van der Waals surface area (Å²) in [5, 5.41) is 11.1. The summed E-state index contributed by atoms with van der Waals surface area (Å²) < 4.78 is 25.2. The number of halogens is 2. The first kappa shape index (κ1) is 13.9. The number of hydrogen-bond donors (Lipinski definition) is 0. The quantitative estimate of drug-likeness (QED) is 0.471. The van der Waals surface area contributed by atoms with Gasteiger partial charge in [-0.05, 0) is 23.8 Å². The van der Waals surface area contributed by atoms with Crippen molar-refractivity contribution in [3.05, 3.63) is 81.4 Å². The van der Waals surface area contributed by atoms with Crippen LogP contribution >= 0.6 is 0 Å². The maximum absolute atomic E-state index is 12.6. The summed E-state index contributed by atoms with van der Waals surface area (Å²) >= 11 is 0. The molecule has 0 N–H and O–H groups in total. The first-order valence-corrected chi connectivity index (χ1v) is 5.87. The minimum Gasteiger partial charge on any atom is -0.258 e. The molecule has 2 rings (SSSR count). The fraction of sp³-hybridized carbons (Fsp3) is 0.0667. The monoisotopic (exact) mass is 275 g/mol. The molecule has 0 fully saturated rings. The molecule has 5 heteroatoms. The average Bonchev–Trinajstić information content (AvgIpc) is 2.45. The Bertz CT molecular complexity index is 639. The van der Waals surface area contributed by atoms with Crippen molar-refractivity contribution < 1.29 is 13.7 Å². The van der Waals surface area contributed by atoms with E-state index in [1.165, 1.54) is 24.3 Å². The van der Waals surface area contributed by atoms with Gasteiger partial charge in [-0.15, -0.1) is 0 Å². The molecule has 0 heterocycles. The second kappa shape index (κ2) is 6.06. The molecule has 20 heavy (non-hydrogen) atoms. The van der Waals surface area contributed by atoms with Crippen LogP contribution in [0.15, 0.2) is 54.6 Å². The zero-order chi connectivity index (χ0) is 14.5. The maximum atomic E-state index is 12.6. The summed E-state index contributed by atoms with van der Waals surface area (Å²) in [6, 6.07) is 13.9. The number of benzene rings is 2. The highest BCUT2D eigenvalue weighted by molar-refractivity contribution is 5.76. The van der Waals surface area contributed by atoms with Gasteiger partial charge in [0.25, 0.3) is 12.1 Å². The highest BCUT2D eigenvalue weighted by Gasteiger charge is 2.14. The van der Waals surface area contributed by atoms with Crippen LogP contribution < -0.4 is 0 Å². The third kappa shape index (κ3) is 3.26. The molecule has 2 aromatic carbocycles. The zero-order valence-electron chi connectivity index (χ0n) is 10.4. The van der Waals surface area contributed by atoms with Gasteiger partial charge in [0.1, 0.15) is 0 Å². The number of hydrogen-bond acceptors (Lipinski definition) is 2. The number of nitro groups is 1. The predicted octanol–water partition coefficient (Wildman–Crippen LogP) is 4.40. The summed E-state index contributed by atoms with van der Waals surface area (Å²) in [6.07, 6.45) is -1.31. The standard InChI is InChI=1S/C15H11F2NO2/c16-15(17)13-8-4-5-11(9-13)10-14(18(19)20)12-6-2-1-3-7-12/h1-10,15H/b14-10+. The lowest BCUT2D eigenvalue weighted by molar-refractivity contribution is -0.374. The second-order valence-corrected chi connectivity index (χ2v) is 4.12. The van der Waals surface area contributed by atoms with Crippen LogP contribution in [0.3, 0.4) is 0 Å². The van der Waals surface area contributed by atoms with Crippen LogP contribution in [0.25, 0.3) is 11.8 Å². The van der Waals surface area contributed by atoms with Gasteiger partial charge in [0.2, 0.25) is 0 Å². The van der Waals surface area contributed by atoms with E-state index in [2.05, 4.69) is 0 Å². The van der Waals surface area contributed by atoms with Gasteiger partial charge in [0, 0.05) is 11.6 Å². The van der Waals surface area contributed by atoms with Gasteiger partial charge in [-0.3, -0.25) is 10.1 Å². The van der Waals surface area contributed by atoms with E-state index in [1.807, 2.05) is 0 Å². The summed E-state index contributed by atoms with van der Waals surface area (Å²) in [5.74, 6) is 0. The van der Waals surface area contributed by atoms with Gasteiger partial charge in [0.05, 0.1) is 10.5 Å². The lowest BCUT2D eigenvalue weighted by Gasteiger charge is -2.02. The Hall–Kier alpha value is -2.56. The van der Waals surface area contributed by atoms with Crippen molar-refractivity contribution in [2.24, 2.45) is 0 Å². The van der Waals surface area contributed by atoms with Crippen LogP contribution in [-0.4, -0.2) is 4.92 Å². The summed E-state index contributed by atoms with van der Waals surface area (Å²) in [5.41, 5.74) is 0.518. The molecular weight excluding hydrogens is 264 g/mol. The van der Waals surface area contributed by atoms with Gasteiger partial charge in [-0.2, -0.15) is 0 Å². The molecule has 0 aliphatic carbocycles. The Morgan fingerprint density at radius 3 is 2.40 bits per heavy atom. The minimum absolute atomic E-state index is 0.128. The summed E-state index contributed by atoms with van der Waals surface area (Å²) in [4.78, 5) is 10.6. The van der Waals surface area contributed by atoms with E-state index in [0.717, 1.165) is 0 Å². The first-order chi connectivity index (χ1) is 9.58. The Morgan fingerprint density at radius 2 is 1.80 bits per heavy atom. The Balaban J connectivity index is 2.45. The van der Waals surface area contributed by atoms with Crippen molar-refractivity contribution in [1.82, 2.24) is 0 Å². The molecule has 0 amide bonds. The normalized spacial score (nSPS) is 11.7. The van der Waals surface area contributed by atoms with E-state index >= 15 is 0 Å². The molecule has 0 saturated heterocycles. The summed E-state index contributed by atoms with van der Waals surface area (Å²) in [7, 11) is 0. The van der Waals surface area contributed by atoms with Crippen LogP contribution in [0.4, 0.5) is 8.78 Å². The largest absolute Gasteiger partial charge is 0.277 e. The Morgan fingerprint density at radius 1 is 1.10 bits per heavy atom. The second-order valence-electron chi connectivity index (χ2n) is 4.12. The molecule has 0 aromatic heterocycles. The van der Waals surface area contributed by atoms with Crippen LogP contribution in [-0.2, 0) is 0 Å². The van der Waals surface area contributed by atoms with E-state index in [4.69, 9.17) is 0 Å². The van der Waals surface area contributed by atoms with E-state index in [1.54, 1.807) is 36.4 Å². The fourth-order valence-electron chi connectivity index (χ4n) is 1.79. The van der Waals surface area contributed by atoms with Gasteiger partial charge in [-0.1, -0.05) is 36.4 Å². The van der Waals surface area contributed by atoms with Crippen LogP contribution in [0.1, 0.15) is 23.1 Å². The Kier molecular flexibility index (Phi) is 4.20. The molecule has 102 valence electrons. The van der Waals surface area contributed by atoms with Gasteiger partial charge >= 0.3 is 0 Å². The minimum atomic E-state index is -2.60. The van der Waals surface area contributed by atoms with Crippen molar-refractivity contribution in [3.8, 4) is 0 Å². The van der Waals surface area contributed by atoms with E-state index < -0.39 is 11.3 Å². The molecule has 0 atom stereocenters. The van der Waals surface area contributed by atoms with Gasteiger partial charge in [-0.25, -0.2) is 8.78 Å². The third-order valence-electron chi connectivity index (χ3n) is 2.73. The molecule has 2 aromatic rings.